The number of methoxy groups -OCH3 is 1. The highest BCUT2D eigenvalue weighted by molar-refractivity contribution is 6.05. The highest BCUT2D eigenvalue weighted by Crippen LogP contribution is 2.42. The summed E-state index contributed by atoms with van der Waals surface area (Å²) in [6.45, 7) is 2.80. The molecule has 0 spiro atoms. The molecule has 0 saturated carbocycles. The van der Waals surface area contributed by atoms with Crippen molar-refractivity contribution < 1.29 is 23.4 Å². The first-order chi connectivity index (χ1) is 16.5. The number of benzene rings is 2. The number of anilines is 1. The van der Waals surface area contributed by atoms with Gasteiger partial charge >= 0.3 is 0 Å². The molecule has 3 aliphatic rings. The van der Waals surface area contributed by atoms with E-state index >= 15 is 0 Å². The highest BCUT2D eigenvalue weighted by Gasteiger charge is 2.21. The molecule has 1 fully saturated rings. The molecule has 1 aliphatic carbocycles. The number of hydrogen-bond donors (Lipinski definition) is 4. The molecule has 0 bridgehead atoms. The summed E-state index contributed by atoms with van der Waals surface area (Å²) in [5, 5.41) is 21.4. The first-order valence-electron chi connectivity index (χ1n) is 11.4. The Morgan fingerprint density at radius 1 is 1.09 bits per heavy atom. The molecular weight excluding hydrogens is 442 g/mol. The fourth-order valence-electron chi connectivity index (χ4n) is 4.60. The fraction of sp³-hybridized carbons (Fsp3) is 0.360. The second-order valence-electron chi connectivity index (χ2n) is 8.67. The third-order valence-corrected chi connectivity index (χ3v) is 6.36. The van der Waals surface area contributed by atoms with Crippen molar-refractivity contribution in [2.24, 2.45) is 0 Å². The van der Waals surface area contributed by atoms with Crippen LogP contribution < -0.4 is 14.8 Å². The molecule has 0 aromatic heterocycles. The van der Waals surface area contributed by atoms with E-state index < -0.39 is 17.7 Å². The Hall–Kier alpha value is -3.30. The molecule has 7 nitrogen and oxygen atoms in total. The van der Waals surface area contributed by atoms with Crippen LogP contribution in [0.1, 0.15) is 18.4 Å². The molecule has 5 rings (SSSR count). The molecule has 1 unspecified atom stereocenters. The SMILES string of the molecule is COc1cc2c3[nH][nH]c(NCc4c(F)cccc4F)c-3cc2cc1OCC(O)CN1CCCC1. The predicted molar refractivity (Wildman–Crippen MR) is 127 cm³/mol. The van der Waals surface area contributed by atoms with Gasteiger partial charge in [0.1, 0.15) is 30.2 Å². The Balaban J connectivity index is 1.34. The van der Waals surface area contributed by atoms with E-state index in [0.29, 0.717) is 23.9 Å². The highest BCUT2D eigenvalue weighted by atomic mass is 19.1. The van der Waals surface area contributed by atoms with Gasteiger partial charge in [-0.2, -0.15) is 0 Å². The van der Waals surface area contributed by atoms with Crippen LogP contribution in [-0.2, 0) is 6.54 Å². The van der Waals surface area contributed by atoms with Crippen molar-refractivity contribution in [3.63, 3.8) is 0 Å². The molecule has 1 atom stereocenters. The third-order valence-electron chi connectivity index (χ3n) is 6.36. The second kappa shape index (κ2) is 9.52. The van der Waals surface area contributed by atoms with Crippen LogP contribution in [0.5, 0.6) is 11.5 Å². The normalized spacial score (nSPS) is 15.3. The van der Waals surface area contributed by atoms with Crippen molar-refractivity contribution in [3.05, 3.63) is 53.6 Å². The van der Waals surface area contributed by atoms with Crippen LogP contribution in [0.2, 0.25) is 0 Å². The average Bonchev–Trinajstić information content (AvgIpc) is 3.54. The maximum Gasteiger partial charge on any atom is 0.161 e. The van der Waals surface area contributed by atoms with Crippen LogP contribution in [0.3, 0.4) is 0 Å². The Bertz CT molecular complexity index is 1230. The maximum atomic E-state index is 14.0. The number of aromatic amines is 2. The van der Waals surface area contributed by atoms with Crippen molar-refractivity contribution >= 4 is 16.6 Å². The predicted octanol–water partition coefficient (Wildman–Crippen LogP) is 4.34. The monoisotopic (exact) mass is 470 g/mol. The van der Waals surface area contributed by atoms with Crippen molar-refractivity contribution in [1.29, 1.82) is 0 Å². The van der Waals surface area contributed by atoms with Gasteiger partial charge in [-0.15, -0.1) is 0 Å². The summed E-state index contributed by atoms with van der Waals surface area (Å²) in [6.07, 6.45) is 1.76. The number of rotatable bonds is 9. The van der Waals surface area contributed by atoms with Gasteiger partial charge in [-0.1, -0.05) is 6.07 Å². The van der Waals surface area contributed by atoms with E-state index in [9.17, 15) is 13.9 Å². The fourth-order valence-corrected chi connectivity index (χ4v) is 4.60. The van der Waals surface area contributed by atoms with Gasteiger partial charge < -0.3 is 24.8 Å². The van der Waals surface area contributed by atoms with Crippen LogP contribution in [0.4, 0.5) is 14.6 Å². The summed E-state index contributed by atoms with van der Waals surface area (Å²) in [4.78, 5) is 2.24. The standard InChI is InChI=1S/C25H28F2N4O3/c1-33-22-11-17-15(10-23(22)34-14-16(32)13-31-7-2-3-8-31)9-18-24(17)29-30-25(18)28-12-19-20(26)5-4-6-21(19)27/h4-6,9-11,16,28-30,32H,2-3,7-8,12-14H2,1H3. The van der Waals surface area contributed by atoms with Crippen LogP contribution in [0.15, 0.2) is 36.4 Å². The zero-order valence-electron chi connectivity index (χ0n) is 19.0. The van der Waals surface area contributed by atoms with Crippen LogP contribution in [0.25, 0.3) is 22.0 Å². The minimum Gasteiger partial charge on any atom is -0.493 e. The molecule has 2 heterocycles. The number of likely N-dealkylation sites (tertiary alicyclic amines) is 1. The summed E-state index contributed by atoms with van der Waals surface area (Å²) in [6, 6.07) is 9.55. The van der Waals surface area contributed by atoms with Crippen molar-refractivity contribution in [2.75, 3.05) is 38.7 Å². The Kier molecular flexibility index (Phi) is 6.30. The lowest BCUT2D eigenvalue weighted by Gasteiger charge is -2.20. The first-order valence-corrected chi connectivity index (χ1v) is 11.4. The minimum absolute atomic E-state index is 0.00390. The largest absolute Gasteiger partial charge is 0.493 e. The number of nitrogens with zero attached hydrogens (tertiary/aromatic N) is 1. The summed E-state index contributed by atoms with van der Waals surface area (Å²) in [7, 11) is 1.57. The number of β-amino-alcohol motifs (C(OH)–C–C–N with tert-alkyl or cyclic N) is 1. The Morgan fingerprint density at radius 2 is 1.85 bits per heavy atom. The van der Waals surface area contributed by atoms with Gasteiger partial charge in [0.2, 0.25) is 0 Å². The summed E-state index contributed by atoms with van der Waals surface area (Å²) >= 11 is 0. The van der Waals surface area contributed by atoms with Gasteiger partial charge in [-0.05, 0) is 61.6 Å². The molecule has 2 aromatic rings. The van der Waals surface area contributed by atoms with E-state index in [1.54, 1.807) is 7.11 Å². The van der Waals surface area contributed by atoms with E-state index in [1.807, 2.05) is 18.2 Å². The zero-order valence-corrected chi connectivity index (χ0v) is 19.0. The molecule has 180 valence electrons. The third kappa shape index (κ3) is 4.41. The molecule has 2 aromatic carbocycles. The molecule has 1 saturated heterocycles. The van der Waals surface area contributed by atoms with Crippen molar-refractivity contribution in [2.45, 2.75) is 25.5 Å². The molecule has 0 radical (unpaired) electrons. The zero-order chi connectivity index (χ0) is 23.7. The van der Waals surface area contributed by atoms with Crippen molar-refractivity contribution in [1.82, 2.24) is 15.1 Å². The molecular formula is C25H28F2N4O3. The van der Waals surface area contributed by atoms with Gasteiger partial charge in [0.15, 0.2) is 11.5 Å². The van der Waals surface area contributed by atoms with Crippen LogP contribution >= 0.6 is 0 Å². The Morgan fingerprint density at radius 3 is 2.59 bits per heavy atom. The van der Waals surface area contributed by atoms with Crippen LogP contribution in [-0.4, -0.2) is 59.7 Å². The number of nitrogens with one attached hydrogen (secondary N) is 3. The lowest BCUT2D eigenvalue weighted by Crippen LogP contribution is -2.33. The molecule has 4 N–H and O–H groups in total. The van der Waals surface area contributed by atoms with E-state index in [1.165, 1.54) is 31.0 Å². The van der Waals surface area contributed by atoms with E-state index in [-0.39, 0.29) is 18.7 Å². The number of ether oxygens (including phenoxy) is 2. The summed E-state index contributed by atoms with van der Waals surface area (Å²) in [5.41, 5.74) is 1.66. The number of aliphatic hydroxyl groups is 1. The van der Waals surface area contributed by atoms with E-state index in [2.05, 4.69) is 20.4 Å². The number of H-pyrrole nitrogens is 2. The summed E-state index contributed by atoms with van der Waals surface area (Å²) < 4.78 is 39.4. The molecule has 9 heteroatoms. The number of halogens is 2. The number of aromatic nitrogens is 2. The van der Waals surface area contributed by atoms with Crippen LogP contribution in [0, 0.1) is 11.6 Å². The average molecular weight is 471 g/mol. The van der Waals surface area contributed by atoms with Gasteiger partial charge in [0, 0.05) is 29.6 Å². The quantitative estimate of drug-likeness (QED) is 0.293. The molecule has 34 heavy (non-hydrogen) atoms. The molecule has 2 aliphatic heterocycles. The Labute approximate surface area is 196 Å². The topological polar surface area (TPSA) is 85.5 Å². The minimum atomic E-state index is -0.592. The van der Waals surface area contributed by atoms with Crippen molar-refractivity contribution in [3.8, 4) is 22.8 Å². The van der Waals surface area contributed by atoms with Gasteiger partial charge in [0.25, 0.3) is 0 Å². The van der Waals surface area contributed by atoms with Gasteiger partial charge in [0.05, 0.1) is 12.8 Å². The smallest absolute Gasteiger partial charge is 0.161 e. The first kappa shape index (κ1) is 22.5. The van der Waals surface area contributed by atoms with E-state index in [4.69, 9.17) is 9.47 Å². The van der Waals surface area contributed by atoms with Gasteiger partial charge in [-0.25, -0.2) is 8.78 Å². The number of fused-ring (bicyclic) bond motifs is 3. The number of hydrogen-bond acceptors (Lipinski definition) is 5. The lowest BCUT2D eigenvalue weighted by atomic mass is 10.2. The maximum absolute atomic E-state index is 14.0. The lowest BCUT2D eigenvalue weighted by molar-refractivity contribution is 0.0748. The second-order valence-corrected chi connectivity index (χ2v) is 8.67. The molecule has 0 amide bonds. The van der Waals surface area contributed by atoms with E-state index in [0.717, 1.165) is 35.1 Å². The number of aliphatic hydroxyl groups excluding tert-OH is 1. The summed E-state index contributed by atoms with van der Waals surface area (Å²) in [5.74, 6) is 0.549. The van der Waals surface area contributed by atoms with Gasteiger partial charge in [-0.3, -0.25) is 10.2 Å².